The van der Waals surface area contributed by atoms with Gasteiger partial charge < -0.3 is 19.1 Å². The molecule has 1 aromatic carbocycles. The van der Waals surface area contributed by atoms with Crippen LogP contribution in [0.4, 0.5) is 5.69 Å². The van der Waals surface area contributed by atoms with Gasteiger partial charge in [-0.3, -0.25) is 4.79 Å². The predicted octanol–water partition coefficient (Wildman–Crippen LogP) is 3.89. The van der Waals surface area contributed by atoms with Gasteiger partial charge in [-0.15, -0.1) is 11.3 Å². The molecule has 1 atom stereocenters. The molecule has 0 saturated carbocycles. The molecule has 0 unspecified atom stereocenters. The van der Waals surface area contributed by atoms with E-state index in [0.29, 0.717) is 6.42 Å². The Kier molecular flexibility index (Phi) is 5.67. The molecule has 28 heavy (non-hydrogen) atoms. The van der Waals surface area contributed by atoms with Crippen molar-refractivity contribution in [3.8, 4) is 5.75 Å². The van der Waals surface area contributed by atoms with Crippen molar-refractivity contribution in [2.45, 2.75) is 12.5 Å². The number of rotatable bonds is 6. The number of hydrogen-bond acceptors (Lipinski definition) is 4. The molecule has 2 aromatic heterocycles. The highest BCUT2D eigenvalue weighted by Crippen LogP contribution is 2.28. The molecule has 3 heterocycles. The normalized spacial score (nSPS) is 15.5. The van der Waals surface area contributed by atoms with Gasteiger partial charge in [0.05, 0.1) is 19.6 Å². The number of anilines is 1. The Morgan fingerprint density at radius 2 is 1.86 bits per heavy atom. The summed E-state index contributed by atoms with van der Waals surface area (Å²) >= 11 is 1.71. The Bertz CT molecular complexity index is 850. The van der Waals surface area contributed by atoms with Crippen LogP contribution < -0.4 is 9.64 Å². The molecular formula is C22H25N3O2S. The van der Waals surface area contributed by atoms with Gasteiger partial charge >= 0.3 is 0 Å². The fourth-order valence-corrected chi connectivity index (χ4v) is 4.54. The number of carbonyl (C=O) groups is 1. The first-order valence-corrected chi connectivity index (χ1v) is 10.4. The predicted molar refractivity (Wildman–Crippen MR) is 113 cm³/mol. The monoisotopic (exact) mass is 395 g/mol. The molecule has 1 amide bonds. The van der Waals surface area contributed by atoms with Gasteiger partial charge in [0.15, 0.2) is 0 Å². The zero-order valence-corrected chi connectivity index (χ0v) is 16.8. The van der Waals surface area contributed by atoms with Crippen molar-refractivity contribution in [2.24, 2.45) is 0 Å². The second-order valence-electron chi connectivity index (χ2n) is 6.93. The van der Waals surface area contributed by atoms with E-state index < -0.39 is 0 Å². The highest BCUT2D eigenvalue weighted by atomic mass is 32.1. The van der Waals surface area contributed by atoms with Crippen molar-refractivity contribution in [1.29, 1.82) is 0 Å². The van der Waals surface area contributed by atoms with Crippen LogP contribution >= 0.6 is 11.3 Å². The number of hydrogen-bond donors (Lipinski definition) is 0. The Morgan fingerprint density at radius 1 is 1.07 bits per heavy atom. The van der Waals surface area contributed by atoms with Gasteiger partial charge in [0.1, 0.15) is 5.75 Å². The fraction of sp³-hybridized carbons (Fsp3) is 0.318. The number of methoxy groups -OCH3 is 1. The number of nitrogens with zero attached hydrogens (tertiary/aromatic N) is 3. The lowest BCUT2D eigenvalue weighted by Crippen LogP contribution is -2.49. The van der Waals surface area contributed by atoms with E-state index in [0.717, 1.165) is 37.6 Å². The summed E-state index contributed by atoms with van der Waals surface area (Å²) < 4.78 is 7.46. The Labute approximate surface area is 169 Å². The Morgan fingerprint density at radius 3 is 2.54 bits per heavy atom. The van der Waals surface area contributed by atoms with E-state index in [2.05, 4.69) is 33.0 Å². The summed E-state index contributed by atoms with van der Waals surface area (Å²) in [6, 6.07) is 16.4. The highest BCUT2D eigenvalue weighted by Gasteiger charge is 2.25. The lowest BCUT2D eigenvalue weighted by atomic mass is 10.1. The molecule has 3 aromatic rings. The topological polar surface area (TPSA) is 37.7 Å². The lowest BCUT2D eigenvalue weighted by molar-refractivity contribution is -0.132. The molecule has 5 nitrogen and oxygen atoms in total. The average molecular weight is 396 g/mol. The molecule has 1 saturated heterocycles. The summed E-state index contributed by atoms with van der Waals surface area (Å²) in [6.07, 6.45) is 4.57. The van der Waals surface area contributed by atoms with Crippen molar-refractivity contribution >= 4 is 22.9 Å². The van der Waals surface area contributed by atoms with Crippen LogP contribution in [0.3, 0.4) is 0 Å². The van der Waals surface area contributed by atoms with Gasteiger partial charge in [-0.1, -0.05) is 12.1 Å². The van der Waals surface area contributed by atoms with Crippen LogP contribution in [0, 0.1) is 0 Å². The molecule has 6 heteroatoms. The number of amides is 1. The molecule has 1 aliphatic rings. The molecule has 1 aliphatic heterocycles. The maximum Gasteiger partial charge on any atom is 0.225 e. The minimum atomic E-state index is 0.0684. The molecular weight excluding hydrogens is 370 g/mol. The van der Waals surface area contributed by atoms with Gasteiger partial charge in [-0.2, -0.15) is 0 Å². The van der Waals surface area contributed by atoms with Crippen LogP contribution in [0.15, 0.2) is 66.3 Å². The van der Waals surface area contributed by atoms with Crippen molar-refractivity contribution in [1.82, 2.24) is 9.47 Å². The quantitative estimate of drug-likeness (QED) is 0.636. The first-order valence-electron chi connectivity index (χ1n) is 9.57. The van der Waals surface area contributed by atoms with E-state index in [1.807, 2.05) is 47.6 Å². The average Bonchev–Trinajstić information content (AvgIpc) is 3.46. The molecule has 146 valence electrons. The van der Waals surface area contributed by atoms with Crippen molar-refractivity contribution < 1.29 is 9.53 Å². The van der Waals surface area contributed by atoms with Crippen LogP contribution in [0.2, 0.25) is 0 Å². The molecule has 0 spiro atoms. The third-order valence-electron chi connectivity index (χ3n) is 5.28. The highest BCUT2D eigenvalue weighted by molar-refractivity contribution is 7.10. The maximum atomic E-state index is 13.0. The molecule has 0 radical (unpaired) electrons. The second-order valence-corrected chi connectivity index (χ2v) is 7.91. The van der Waals surface area contributed by atoms with Crippen LogP contribution in [-0.2, 0) is 4.79 Å². The van der Waals surface area contributed by atoms with Crippen molar-refractivity contribution in [2.75, 3.05) is 38.2 Å². The Balaban J connectivity index is 1.39. The summed E-state index contributed by atoms with van der Waals surface area (Å²) in [7, 11) is 1.68. The third kappa shape index (κ3) is 4.07. The first-order chi connectivity index (χ1) is 13.7. The van der Waals surface area contributed by atoms with Crippen LogP contribution in [0.25, 0.3) is 0 Å². The molecule has 0 bridgehead atoms. The van der Waals surface area contributed by atoms with E-state index in [-0.39, 0.29) is 11.9 Å². The van der Waals surface area contributed by atoms with Gasteiger partial charge in [0.2, 0.25) is 5.91 Å². The van der Waals surface area contributed by atoms with E-state index >= 15 is 0 Å². The molecule has 4 rings (SSSR count). The number of ether oxygens (including phenoxy) is 1. The standard InChI is InChI=1S/C22H25N3O2S/c1-27-19-7-4-6-18(16-19)23-11-13-25(14-12-23)22(26)17-20(21-8-5-15-28-21)24-9-2-3-10-24/h2-10,15-16,20H,11-14,17H2,1H3/t20-/m1/s1. The number of carbonyl (C=O) groups excluding carboxylic acids is 1. The SMILES string of the molecule is COc1cccc(N2CCN(C(=O)C[C@H](c3cccs3)n3cccc3)CC2)c1. The van der Waals surface area contributed by atoms with E-state index in [9.17, 15) is 4.79 Å². The van der Waals surface area contributed by atoms with Crippen molar-refractivity contribution in [3.63, 3.8) is 0 Å². The van der Waals surface area contributed by atoms with Gasteiger partial charge in [0.25, 0.3) is 0 Å². The largest absolute Gasteiger partial charge is 0.497 e. The number of piperazine rings is 1. The molecule has 0 N–H and O–H groups in total. The van der Waals surface area contributed by atoms with Crippen LogP contribution in [-0.4, -0.2) is 48.7 Å². The first kappa shape index (κ1) is 18.6. The maximum absolute atomic E-state index is 13.0. The molecule has 1 fully saturated rings. The lowest BCUT2D eigenvalue weighted by Gasteiger charge is -2.36. The molecule has 0 aliphatic carbocycles. The summed E-state index contributed by atoms with van der Waals surface area (Å²) in [5.74, 6) is 1.08. The summed E-state index contributed by atoms with van der Waals surface area (Å²) in [4.78, 5) is 18.6. The van der Waals surface area contributed by atoms with E-state index in [1.54, 1.807) is 18.4 Å². The fourth-order valence-electron chi connectivity index (χ4n) is 3.71. The summed E-state index contributed by atoms with van der Waals surface area (Å²) in [6.45, 7) is 3.18. The number of thiophene rings is 1. The Hall–Kier alpha value is -2.73. The second kappa shape index (κ2) is 8.52. The summed E-state index contributed by atoms with van der Waals surface area (Å²) in [5, 5.41) is 2.07. The van der Waals surface area contributed by atoms with Crippen molar-refractivity contribution in [3.05, 3.63) is 71.2 Å². The van der Waals surface area contributed by atoms with Gasteiger partial charge in [-0.05, 0) is 35.7 Å². The minimum absolute atomic E-state index is 0.0684. The zero-order valence-electron chi connectivity index (χ0n) is 16.0. The van der Waals surface area contributed by atoms with E-state index in [4.69, 9.17) is 4.74 Å². The third-order valence-corrected chi connectivity index (χ3v) is 6.25. The van der Waals surface area contributed by atoms with E-state index in [1.165, 1.54) is 4.88 Å². The number of benzene rings is 1. The van der Waals surface area contributed by atoms with Crippen LogP contribution in [0.1, 0.15) is 17.3 Å². The number of aromatic nitrogens is 1. The minimum Gasteiger partial charge on any atom is -0.497 e. The smallest absolute Gasteiger partial charge is 0.225 e. The zero-order chi connectivity index (χ0) is 19.3. The summed E-state index contributed by atoms with van der Waals surface area (Å²) in [5.41, 5.74) is 1.15. The van der Waals surface area contributed by atoms with Gasteiger partial charge in [0, 0.05) is 55.2 Å². The van der Waals surface area contributed by atoms with Gasteiger partial charge in [-0.25, -0.2) is 0 Å². The van der Waals surface area contributed by atoms with Crippen LogP contribution in [0.5, 0.6) is 5.75 Å².